The monoisotopic (exact) mass is 254 g/mol. The molecule has 2 aliphatic heterocycles. The van der Waals surface area contributed by atoms with Gasteiger partial charge in [0.2, 0.25) is 0 Å². The van der Waals surface area contributed by atoms with Crippen molar-refractivity contribution in [1.82, 2.24) is 10.2 Å². The summed E-state index contributed by atoms with van der Waals surface area (Å²) >= 11 is 0. The SMILES string of the molecule is COC(=O)C(C)N1CCCC(C2CCNCC2)C1. The van der Waals surface area contributed by atoms with E-state index in [1.54, 1.807) is 0 Å². The number of hydrogen-bond acceptors (Lipinski definition) is 4. The molecule has 2 saturated heterocycles. The first-order valence-corrected chi connectivity index (χ1v) is 7.25. The number of rotatable bonds is 3. The average Bonchev–Trinajstić information content (AvgIpc) is 2.46. The Balaban J connectivity index is 1.89. The lowest BCUT2D eigenvalue weighted by Gasteiger charge is -2.40. The third kappa shape index (κ3) is 3.23. The van der Waals surface area contributed by atoms with E-state index in [-0.39, 0.29) is 12.0 Å². The number of esters is 1. The van der Waals surface area contributed by atoms with Crippen LogP contribution in [-0.4, -0.2) is 50.2 Å². The highest BCUT2D eigenvalue weighted by atomic mass is 16.5. The molecule has 2 aliphatic rings. The standard InChI is InChI=1S/C14H26N2O2/c1-11(14(17)18-2)16-9-3-4-13(10-16)12-5-7-15-8-6-12/h11-13,15H,3-10H2,1-2H3. The normalized spacial score (nSPS) is 28.9. The lowest BCUT2D eigenvalue weighted by molar-refractivity contribution is -0.147. The topological polar surface area (TPSA) is 41.6 Å². The van der Waals surface area contributed by atoms with Crippen LogP contribution in [-0.2, 0) is 9.53 Å². The van der Waals surface area contributed by atoms with E-state index in [1.807, 2.05) is 6.92 Å². The van der Waals surface area contributed by atoms with Crippen LogP contribution in [0.3, 0.4) is 0 Å². The molecule has 2 fully saturated rings. The van der Waals surface area contributed by atoms with Gasteiger partial charge in [-0.25, -0.2) is 0 Å². The summed E-state index contributed by atoms with van der Waals surface area (Å²) in [6.45, 7) is 6.40. The van der Waals surface area contributed by atoms with Crippen molar-refractivity contribution in [1.29, 1.82) is 0 Å². The molecular formula is C14H26N2O2. The van der Waals surface area contributed by atoms with Crippen molar-refractivity contribution in [2.45, 2.75) is 38.6 Å². The van der Waals surface area contributed by atoms with Crippen LogP contribution >= 0.6 is 0 Å². The van der Waals surface area contributed by atoms with E-state index in [2.05, 4.69) is 10.2 Å². The minimum absolute atomic E-state index is 0.0838. The summed E-state index contributed by atoms with van der Waals surface area (Å²) in [5.41, 5.74) is 0. The number of likely N-dealkylation sites (tertiary alicyclic amines) is 1. The van der Waals surface area contributed by atoms with Crippen molar-refractivity contribution in [3.05, 3.63) is 0 Å². The molecule has 0 aliphatic carbocycles. The van der Waals surface area contributed by atoms with Gasteiger partial charge in [-0.3, -0.25) is 9.69 Å². The molecule has 2 unspecified atom stereocenters. The zero-order valence-corrected chi connectivity index (χ0v) is 11.7. The van der Waals surface area contributed by atoms with E-state index in [4.69, 9.17) is 4.74 Å². The van der Waals surface area contributed by atoms with E-state index >= 15 is 0 Å². The second-order valence-electron chi connectivity index (χ2n) is 5.68. The van der Waals surface area contributed by atoms with Gasteiger partial charge < -0.3 is 10.1 Å². The maximum Gasteiger partial charge on any atom is 0.322 e. The van der Waals surface area contributed by atoms with E-state index in [0.717, 1.165) is 38.0 Å². The van der Waals surface area contributed by atoms with Crippen molar-refractivity contribution in [2.24, 2.45) is 11.8 Å². The summed E-state index contributed by atoms with van der Waals surface area (Å²) in [7, 11) is 1.48. The number of carbonyl (C=O) groups is 1. The number of ether oxygens (including phenoxy) is 1. The number of hydrogen-bond donors (Lipinski definition) is 1. The molecule has 0 spiro atoms. The predicted molar refractivity (Wildman–Crippen MR) is 71.4 cm³/mol. The molecule has 2 atom stereocenters. The van der Waals surface area contributed by atoms with Crippen LogP contribution in [0, 0.1) is 11.8 Å². The summed E-state index contributed by atoms with van der Waals surface area (Å²) in [5, 5.41) is 3.43. The number of methoxy groups -OCH3 is 1. The Morgan fingerprint density at radius 1 is 1.28 bits per heavy atom. The van der Waals surface area contributed by atoms with Crippen LogP contribution in [0.2, 0.25) is 0 Å². The quantitative estimate of drug-likeness (QED) is 0.770. The smallest absolute Gasteiger partial charge is 0.322 e. The molecule has 4 nitrogen and oxygen atoms in total. The van der Waals surface area contributed by atoms with Crippen molar-refractivity contribution in [3.63, 3.8) is 0 Å². The van der Waals surface area contributed by atoms with Crippen molar-refractivity contribution in [3.8, 4) is 0 Å². The van der Waals surface area contributed by atoms with Gasteiger partial charge in [-0.05, 0) is 64.1 Å². The molecular weight excluding hydrogens is 228 g/mol. The fraction of sp³-hybridized carbons (Fsp3) is 0.929. The first-order valence-electron chi connectivity index (χ1n) is 7.25. The third-order valence-corrected chi connectivity index (χ3v) is 4.63. The predicted octanol–water partition coefficient (Wildman–Crippen LogP) is 1.26. The summed E-state index contributed by atoms with van der Waals surface area (Å²) in [4.78, 5) is 13.9. The van der Waals surface area contributed by atoms with Gasteiger partial charge in [-0.2, -0.15) is 0 Å². The zero-order valence-electron chi connectivity index (χ0n) is 11.7. The Bertz CT molecular complexity index is 277. The molecule has 4 heteroatoms. The van der Waals surface area contributed by atoms with E-state index in [1.165, 1.54) is 32.8 Å². The number of carbonyl (C=O) groups excluding carboxylic acids is 1. The Hall–Kier alpha value is -0.610. The third-order valence-electron chi connectivity index (χ3n) is 4.63. The molecule has 1 N–H and O–H groups in total. The van der Waals surface area contributed by atoms with Crippen LogP contribution in [0.4, 0.5) is 0 Å². The lowest BCUT2D eigenvalue weighted by Crippen LogP contribution is -2.48. The molecule has 2 rings (SSSR count). The molecule has 0 aromatic heterocycles. The van der Waals surface area contributed by atoms with Crippen LogP contribution < -0.4 is 5.32 Å². The van der Waals surface area contributed by atoms with Crippen molar-refractivity contribution in [2.75, 3.05) is 33.3 Å². The summed E-state index contributed by atoms with van der Waals surface area (Å²) < 4.78 is 4.86. The second-order valence-corrected chi connectivity index (χ2v) is 5.68. The first kappa shape index (κ1) is 13.8. The van der Waals surface area contributed by atoms with E-state index < -0.39 is 0 Å². The zero-order chi connectivity index (χ0) is 13.0. The highest BCUT2D eigenvalue weighted by Gasteiger charge is 2.32. The maximum atomic E-state index is 11.6. The largest absolute Gasteiger partial charge is 0.468 e. The molecule has 18 heavy (non-hydrogen) atoms. The van der Waals surface area contributed by atoms with Gasteiger partial charge in [0, 0.05) is 6.54 Å². The highest BCUT2D eigenvalue weighted by molar-refractivity contribution is 5.75. The average molecular weight is 254 g/mol. The molecule has 0 aromatic carbocycles. The molecule has 0 bridgehead atoms. The molecule has 0 aromatic rings. The van der Waals surface area contributed by atoms with Crippen molar-refractivity contribution < 1.29 is 9.53 Å². The lowest BCUT2D eigenvalue weighted by atomic mass is 9.80. The fourth-order valence-electron chi connectivity index (χ4n) is 3.41. The van der Waals surface area contributed by atoms with Gasteiger partial charge >= 0.3 is 5.97 Å². The van der Waals surface area contributed by atoms with E-state index in [9.17, 15) is 4.79 Å². The van der Waals surface area contributed by atoms with Crippen molar-refractivity contribution >= 4 is 5.97 Å². The molecule has 0 amide bonds. The second kappa shape index (κ2) is 6.53. The maximum absolute atomic E-state index is 11.6. The van der Waals surface area contributed by atoms with Gasteiger partial charge in [0.25, 0.3) is 0 Å². The highest BCUT2D eigenvalue weighted by Crippen LogP contribution is 2.30. The Morgan fingerprint density at radius 3 is 2.67 bits per heavy atom. The van der Waals surface area contributed by atoms with Gasteiger partial charge in [-0.1, -0.05) is 0 Å². The molecule has 2 heterocycles. The van der Waals surface area contributed by atoms with Gasteiger partial charge in [0.15, 0.2) is 0 Å². The van der Waals surface area contributed by atoms with Crippen LogP contribution in [0.15, 0.2) is 0 Å². The Morgan fingerprint density at radius 2 is 2.00 bits per heavy atom. The number of piperidine rings is 2. The molecule has 104 valence electrons. The molecule has 0 radical (unpaired) electrons. The fourth-order valence-corrected chi connectivity index (χ4v) is 3.41. The van der Waals surface area contributed by atoms with Gasteiger partial charge in [-0.15, -0.1) is 0 Å². The summed E-state index contributed by atoms with van der Waals surface area (Å²) in [6.07, 6.45) is 5.14. The molecule has 0 saturated carbocycles. The summed E-state index contributed by atoms with van der Waals surface area (Å²) in [5.74, 6) is 1.52. The Labute approximate surface area is 110 Å². The van der Waals surface area contributed by atoms with Crippen LogP contribution in [0.5, 0.6) is 0 Å². The van der Waals surface area contributed by atoms with Crippen LogP contribution in [0.1, 0.15) is 32.6 Å². The van der Waals surface area contributed by atoms with Gasteiger partial charge in [0.05, 0.1) is 7.11 Å². The first-order chi connectivity index (χ1) is 8.72. The minimum atomic E-state index is -0.0963. The van der Waals surface area contributed by atoms with Crippen LogP contribution in [0.25, 0.3) is 0 Å². The Kier molecular flexibility index (Phi) is 5.01. The number of nitrogens with zero attached hydrogens (tertiary/aromatic N) is 1. The van der Waals surface area contributed by atoms with E-state index in [0.29, 0.717) is 0 Å². The number of nitrogens with one attached hydrogen (secondary N) is 1. The van der Waals surface area contributed by atoms with Gasteiger partial charge in [0.1, 0.15) is 6.04 Å². The minimum Gasteiger partial charge on any atom is -0.468 e. The summed E-state index contributed by atoms with van der Waals surface area (Å²) in [6, 6.07) is -0.0838.